The maximum absolute atomic E-state index is 13.0. The van der Waals surface area contributed by atoms with Gasteiger partial charge in [0.2, 0.25) is 11.8 Å². The van der Waals surface area contributed by atoms with Gasteiger partial charge in [-0.05, 0) is 43.7 Å². The van der Waals surface area contributed by atoms with Gasteiger partial charge in [-0.3, -0.25) is 14.4 Å². The molecule has 146 valence electrons. The molecule has 1 aliphatic carbocycles. The van der Waals surface area contributed by atoms with Crippen molar-refractivity contribution in [1.29, 1.82) is 0 Å². The van der Waals surface area contributed by atoms with Crippen LogP contribution in [0.5, 0.6) is 0 Å². The van der Waals surface area contributed by atoms with Gasteiger partial charge in [0.15, 0.2) is 0 Å². The van der Waals surface area contributed by atoms with E-state index in [-0.39, 0.29) is 29.7 Å². The molecule has 2 N–H and O–H groups in total. The third kappa shape index (κ3) is 5.08. The van der Waals surface area contributed by atoms with Gasteiger partial charge in [-0.15, -0.1) is 0 Å². The quantitative estimate of drug-likeness (QED) is 0.832. The van der Waals surface area contributed by atoms with Crippen molar-refractivity contribution >= 4 is 17.7 Å². The molecule has 2 aliphatic rings. The van der Waals surface area contributed by atoms with E-state index in [1.165, 1.54) is 6.92 Å². The maximum atomic E-state index is 13.0. The second-order valence-corrected chi connectivity index (χ2v) is 7.66. The van der Waals surface area contributed by atoms with E-state index < -0.39 is 6.04 Å². The zero-order valence-corrected chi connectivity index (χ0v) is 15.9. The summed E-state index contributed by atoms with van der Waals surface area (Å²) in [6.45, 7) is 2.70. The number of hydrogen-bond donors (Lipinski definition) is 2. The molecule has 3 rings (SSSR count). The van der Waals surface area contributed by atoms with E-state index in [9.17, 15) is 14.4 Å². The zero-order chi connectivity index (χ0) is 19.2. The van der Waals surface area contributed by atoms with Gasteiger partial charge in [0.05, 0.1) is 0 Å². The van der Waals surface area contributed by atoms with Crippen LogP contribution in [-0.2, 0) is 9.59 Å². The fourth-order valence-electron chi connectivity index (χ4n) is 4.19. The minimum absolute atomic E-state index is 0.0323. The minimum atomic E-state index is -0.402. The monoisotopic (exact) mass is 371 g/mol. The predicted molar refractivity (Wildman–Crippen MR) is 103 cm³/mol. The van der Waals surface area contributed by atoms with Crippen molar-refractivity contribution < 1.29 is 14.4 Å². The molecule has 1 unspecified atom stereocenters. The number of carbonyl (C=O) groups excluding carboxylic acids is 3. The van der Waals surface area contributed by atoms with Crippen molar-refractivity contribution in [2.75, 3.05) is 13.1 Å². The molecular weight excluding hydrogens is 342 g/mol. The lowest BCUT2D eigenvalue weighted by Crippen LogP contribution is -2.54. The number of likely N-dealkylation sites (tertiary alicyclic amines) is 1. The van der Waals surface area contributed by atoms with Crippen molar-refractivity contribution in [1.82, 2.24) is 15.5 Å². The Hall–Kier alpha value is -2.37. The predicted octanol–water partition coefficient (Wildman–Crippen LogP) is 2.10. The Morgan fingerprint density at radius 3 is 2.22 bits per heavy atom. The van der Waals surface area contributed by atoms with Crippen molar-refractivity contribution in [2.24, 2.45) is 5.92 Å². The summed E-state index contributed by atoms with van der Waals surface area (Å²) in [7, 11) is 0. The summed E-state index contributed by atoms with van der Waals surface area (Å²) >= 11 is 0. The molecule has 3 amide bonds. The number of benzene rings is 1. The Kier molecular flexibility index (Phi) is 6.48. The molecule has 6 heteroatoms. The molecule has 0 radical (unpaired) electrons. The Morgan fingerprint density at radius 1 is 1.00 bits per heavy atom. The maximum Gasteiger partial charge on any atom is 0.251 e. The average molecular weight is 371 g/mol. The van der Waals surface area contributed by atoms with Crippen LogP contribution in [0, 0.1) is 5.92 Å². The fraction of sp³-hybridized carbons (Fsp3) is 0.571. The summed E-state index contributed by atoms with van der Waals surface area (Å²) in [6, 6.07) is 8.86. The first-order valence-electron chi connectivity index (χ1n) is 9.96. The van der Waals surface area contributed by atoms with Crippen LogP contribution in [0.4, 0.5) is 0 Å². The topological polar surface area (TPSA) is 78.5 Å². The Labute approximate surface area is 160 Å². The molecule has 1 saturated heterocycles. The van der Waals surface area contributed by atoms with Crippen LogP contribution < -0.4 is 10.6 Å². The van der Waals surface area contributed by atoms with Crippen LogP contribution in [0.25, 0.3) is 0 Å². The van der Waals surface area contributed by atoms with Crippen molar-refractivity contribution in [3.8, 4) is 0 Å². The Bertz CT molecular complexity index is 663. The molecular formula is C21H29N3O3. The van der Waals surface area contributed by atoms with Crippen molar-refractivity contribution in [3.63, 3.8) is 0 Å². The third-order valence-electron chi connectivity index (χ3n) is 5.67. The standard InChI is InChI=1S/C21H29N3O3/c1-15(25)22-19(16-7-5-6-8-16)21(27)24-13-11-18(12-14-24)23-20(26)17-9-3-2-4-10-17/h2-4,9-10,16,18-19H,5-8,11-14H2,1H3,(H,22,25)(H,23,26). The second-order valence-electron chi connectivity index (χ2n) is 7.66. The molecule has 1 aliphatic heterocycles. The molecule has 1 heterocycles. The summed E-state index contributed by atoms with van der Waals surface area (Å²) in [5.74, 6) is 0.0644. The molecule has 27 heavy (non-hydrogen) atoms. The zero-order valence-electron chi connectivity index (χ0n) is 15.9. The van der Waals surface area contributed by atoms with Crippen LogP contribution in [-0.4, -0.2) is 47.8 Å². The second kappa shape index (κ2) is 9.02. The number of piperidine rings is 1. The van der Waals surface area contributed by atoms with Crippen molar-refractivity contribution in [2.45, 2.75) is 57.5 Å². The summed E-state index contributed by atoms with van der Waals surface area (Å²) in [6.07, 6.45) is 5.73. The Balaban J connectivity index is 1.53. The first-order valence-corrected chi connectivity index (χ1v) is 9.96. The highest BCUT2D eigenvalue weighted by atomic mass is 16.2. The number of carbonyl (C=O) groups is 3. The molecule has 0 bridgehead atoms. The molecule has 6 nitrogen and oxygen atoms in total. The normalized spacial score (nSPS) is 19.5. The van der Waals surface area contributed by atoms with Crippen molar-refractivity contribution in [3.05, 3.63) is 35.9 Å². The van der Waals surface area contributed by atoms with Gasteiger partial charge in [0.25, 0.3) is 5.91 Å². The van der Waals surface area contributed by atoms with Crippen LogP contribution in [0.15, 0.2) is 30.3 Å². The molecule has 0 aromatic heterocycles. The highest BCUT2D eigenvalue weighted by molar-refractivity contribution is 5.94. The first-order chi connectivity index (χ1) is 13.0. The summed E-state index contributed by atoms with van der Waals surface area (Å²) < 4.78 is 0. The van der Waals surface area contributed by atoms with Gasteiger partial charge < -0.3 is 15.5 Å². The number of amides is 3. The fourth-order valence-corrected chi connectivity index (χ4v) is 4.19. The lowest BCUT2D eigenvalue weighted by atomic mass is 9.95. The average Bonchev–Trinajstić information content (AvgIpc) is 3.21. The minimum Gasteiger partial charge on any atom is -0.349 e. The molecule has 0 spiro atoms. The van der Waals surface area contributed by atoms with Crippen LogP contribution in [0.1, 0.15) is 55.8 Å². The number of nitrogens with one attached hydrogen (secondary N) is 2. The summed E-state index contributed by atoms with van der Waals surface area (Å²) in [5.41, 5.74) is 0.656. The summed E-state index contributed by atoms with van der Waals surface area (Å²) in [4.78, 5) is 38.7. The van der Waals surface area contributed by atoms with Gasteiger partial charge >= 0.3 is 0 Å². The Morgan fingerprint density at radius 2 is 1.63 bits per heavy atom. The van der Waals surface area contributed by atoms with E-state index >= 15 is 0 Å². The highest BCUT2D eigenvalue weighted by Gasteiger charge is 2.35. The summed E-state index contributed by atoms with van der Waals surface area (Å²) in [5, 5.41) is 5.95. The highest BCUT2D eigenvalue weighted by Crippen LogP contribution is 2.29. The largest absolute Gasteiger partial charge is 0.349 e. The van der Waals surface area contributed by atoms with Crippen LogP contribution in [0.2, 0.25) is 0 Å². The van der Waals surface area contributed by atoms with E-state index in [1.807, 2.05) is 23.1 Å². The smallest absolute Gasteiger partial charge is 0.251 e. The van der Waals surface area contributed by atoms with Gasteiger partial charge in [-0.25, -0.2) is 0 Å². The lowest BCUT2D eigenvalue weighted by molar-refractivity contribution is -0.138. The third-order valence-corrected chi connectivity index (χ3v) is 5.67. The molecule has 1 saturated carbocycles. The van der Waals surface area contributed by atoms with Crippen LogP contribution >= 0.6 is 0 Å². The van der Waals surface area contributed by atoms with E-state index in [2.05, 4.69) is 10.6 Å². The molecule has 1 atom stereocenters. The van der Waals surface area contributed by atoms with Gasteiger partial charge in [0.1, 0.15) is 6.04 Å². The van der Waals surface area contributed by atoms with E-state index in [1.54, 1.807) is 12.1 Å². The van der Waals surface area contributed by atoms with Gasteiger partial charge in [-0.2, -0.15) is 0 Å². The van der Waals surface area contributed by atoms with E-state index in [4.69, 9.17) is 0 Å². The SMILES string of the molecule is CC(=O)NC(C(=O)N1CCC(NC(=O)c2ccccc2)CC1)C1CCCC1. The number of nitrogens with zero attached hydrogens (tertiary/aromatic N) is 1. The molecule has 2 fully saturated rings. The lowest BCUT2D eigenvalue weighted by Gasteiger charge is -2.36. The first kappa shape index (κ1) is 19.4. The number of rotatable bonds is 5. The van der Waals surface area contributed by atoms with E-state index in [0.717, 1.165) is 38.5 Å². The molecule has 1 aromatic carbocycles. The van der Waals surface area contributed by atoms with Gasteiger partial charge in [-0.1, -0.05) is 31.0 Å². The molecule has 1 aromatic rings. The van der Waals surface area contributed by atoms with Crippen LogP contribution in [0.3, 0.4) is 0 Å². The number of hydrogen-bond acceptors (Lipinski definition) is 3. The van der Waals surface area contributed by atoms with E-state index in [0.29, 0.717) is 18.7 Å². The van der Waals surface area contributed by atoms with Gasteiger partial charge in [0, 0.05) is 31.6 Å².